The minimum Gasteiger partial charge on any atom is -0.394 e. The number of nitrogens with one attached hydrogen (secondary N) is 1. The highest BCUT2D eigenvalue weighted by molar-refractivity contribution is 6.32. The van der Waals surface area contributed by atoms with Crippen molar-refractivity contribution in [1.29, 1.82) is 0 Å². The first-order chi connectivity index (χ1) is 9.85. The first-order valence-electron chi connectivity index (χ1n) is 6.10. The van der Waals surface area contributed by atoms with Gasteiger partial charge in [0.05, 0.1) is 25.1 Å². The molecule has 6 nitrogen and oxygen atoms in total. The molecule has 0 aliphatic heterocycles. The molecule has 0 radical (unpaired) electrons. The lowest BCUT2D eigenvalue weighted by atomic mass is 10.4. The molecule has 0 saturated heterocycles. The van der Waals surface area contributed by atoms with Gasteiger partial charge in [-0.25, -0.2) is 4.68 Å². The molecule has 0 bridgehead atoms. The summed E-state index contributed by atoms with van der Waals surface area (Å²) in [6.07, 6.45) is -2.90. The summed E-state index contributed by atoms with van der Waals surface area (Å²) in [5.74, 6) is 0. The van der Waals surface area contributed by atoms with Crippen molar-refractivity contribution in [2.75, 3.05) is 31.7 Å². The van der Waals surface area contributed by atoms with Gasteiger partial charge in [-0.05, 0) is 6.42 Å². The summed E-state index contributed by atoms with van der Waals surface area (Å²) in [6.45, 7) is -0.531. The molecule has 1 rings (SSSR count). The molecule has 1 heterocycles. The molecule has 0 fully saturated rings. The fraction of sp³-hybridized carbons (Fsp3) is 0.636. The van der Waals surface area contributed by atoms with Crippen LogP contribution in [0.1, 0.15) is 6.42 Å². The van der Waals surface area contributed by atoms with Gasteiger partial charge >= 0.3 is 6.18 Å². The van der Waals surface area contributed by atoms with Crippen LogP contribution in [0.5, 0.6) is 0 Å². The van der Waals surface area contributed by atoms with Gasteiger partial charge in [0.1, 0.15) is 11.6 Å². The zero-order chi connectivity index (χ0) is 15.9. The van der Waals surface area contributed by atoms with Gasteiger partial charge in [-0.3, -0.25) is 4.79 Å². The summed E-state index contributed by atoms with van der Waals surface area (Å²) in [5, 5.41) is 14.4. The number of aliphatic hydroxyl groups is 1. The second-order valence-corrected chi connectivity index (χ2v) is 4.44. The molecule has 1 aromatic rings. The summed E-state index contributed by atoms with van der Waals surface area (Å²) >= 11 is 5.72. The Bertz CT molecular complexity index is 508. The molecule has 10 heteroatoms. The first-order valence-corrected chi connectivity index (χ1v) is 6.48. The Kier molecular flexibility index (Phi) is 6.93. The summed E-state index contributed by atoms with van der Waals surface area (Å²) < 4.78 is 41.9. The third-order valence-electron chi connectivity index (χ3n) is 2.33. The molecule has 0 saturated carbocycles. The van der Waals surface area contributed by atoms with Crippen LogP contribution in [0.15, 0.2) is 11.0 Å². The summed E-state index contributed by atoms with van der Waals surface area (Å²) in [6, 6.07) is 0. The number of alkyl halides is 3. The zero-order valence-electron chi connectivity index (χ0n) is 11.0. The Morgan fingerprint density at radius 3 is 2.76 bits per heavy atom. The number of hydrogen-bond acceptors (Lipinski definition) is 5. The number of aliphatic hydroxyl groups excluding tert-OH is 1. The average Bonchev–Trinajstić information content (AvgIpc) is 2.40. The van der Waals surface area contributed by atoms with Gasteiger partial charge in [0.2, 0.25) is 0 Å². The first kappa shape index (κ1) is 17.7. The molecule has 0 unspecified atom stereocenters. The number of rotatable bonds is 8. The fourth-order valence-electron chi connectivity index (χ4n) is 1.43. The van der Waals surface area contributed by atoms with Crippen LogP contribution >= 0.6 is 11.6 Å². The minimum absolute atomic E-state index is 0.0688. The van der Waals surface area contributed by atoms with Crippen molar-refractivity contribution in [2.45, 2.75) is 19.1 Å². The Hall–Kier alpha value is -1.32. The molecular formula is C11H15ClF3N3O3. The number of ether oxygens (including phenoxy) is 1. The monoisotopic (exact) mass is 329 g/mol. The molecule has 0 aliphatic rings. The Morgan fingerprint density at radius 1 is 1.43 bits per heavy atom. The SMILES string of the molecule is O=c1c(Cl)c(NCCCOCCO)cnn1CC(F)(F)F. The van der Waals surface area contributed by atoms with Gasteiger partial charge in [0, 0.05) is 13.2 Å². The number of anilines is 1. The zero-order valence-corrected chi connectivity index (χ0v) is 11.7. The molecule has 0 aliphatic carbocycles. The van der Waals surface area contributed by atoms with Gasteiger partial charge < -0.3 is 15.2 Å². The quantitative estimate of drug-likeness (QED) is 0.702. The Balaban J connectivity index is 2.57. The number of halogens is 4. The molecule has 0 aromatic carbocycles. The van der Waals surface area contributed by atoms with E-state index in [0.717, 1.165) is 6.20 Å². The maximum atomic E-state index is 12.2. The van der Waals surface area contributed by atoms with Crippen molar-refractivity contribution in [1.82, 2.24) is 9.78 Å². The van der Waals surface area contributed by atoms with Gasteiger partial charge in [0.25, 0.3) is 5.56 Å². The lowest BCUT2D eigenvalue weighted by Gasteiger charge is -2.11. The van der Waals surface area contributed by atoms with Crippen LogP contribution < -0.4 is 10.9 Å². The lowest BCUT2D eigenvalue weighted by Crippen LogP contribution is -2.31. The van der Waals surface area contributed by atoms with Crippen LogP contribution in [0.2, 0.25) is 5.02 Å². The van der Waals surface area contributed by atoms with Crippen molar-refractivity contribution in [3.05, 3.63) is 21.6 Å². The topological polar surface area (TPSA) is 76.4 Å². The highest BCUT2D eigenvalue weighted by Gasteiger charge is 2.29. The number of nitrogens with zero attached hydrogens (tertiary/aromatic N) is 2. The van der Waals surface area contributed by atoms with E-state index in [1.807, 2.05) is 0 Å². The summed E-state index contributed by atoms with van der Waals surface area (Å²) in [5.41, 5.74) is -0.835. The predicted molar refractivity (Wildman–Crippen MR) is 70.6 cm³/mol. The molecule has 1 aromatic heterocycles. The van der Waals surface area contributed by atoms with E-state index in [9.17, 15) is 18.0 Å². The predicted octanol–water partition coefficient (Wildman–Crippen LogP) is 1.27. The maximum Gasteiger partial charge on any atom is 0.408 e. The van der Waals surface area contributed by atoms with Gasteiger partial charge in [-0.1, -0.05) is 11.6 Å². The molecular weight excluding hydrogens is 315 g/mol. The van der Waals surface area contributed by atoms with Crippen LogP contribution in [0, 0.1) is 0 Å². The highest BCUT2D eigenvalue weighted by Crippen LogP contribution is 2.18. The van der Waals surface area contributed by atoms with Gasteiger partial charge in [-0.2, -0.15) is 18.3 Å². The van der Waals surface area contributed by atoms with Crippen LogP contribution in [0.25, 0.3) is 0 Å². The fourth-order valence-corrected chi connectivity index (χ4v) is 1.65. The second kappa shape index (κ2) is 8.20. The van der Waals surface area contributed by atoms with Crippen LogP contribution in [-0.2, 0) is 11.3 Å². The van der Waals surface area contributed by atoms with E-state index in [1.54, 1.807) is 0 Å². The highest BCUT2D eigenvalue weighted by atomic mass is 35.5. The summed E-state index contributed by atoms with van der Waals surface area (Å²) in [7, 11) is 0. The van der Waals surface area contributed by atoms with E-state index in [0.29, 0.717) is 19.6 Å². The Morgan fingerprint density at radius 2 is 2.14 bits per heavy atom. The second-order valence-electron chi connectivity index (χ2n) is 4.07. The third kappa shape index (κ3) is 6.32. The van der Waals surface area contributed by atoms with E-state index in [1.165, 1.54) is 0 Å². The lowest BCUT2D eigenvalue weighted by molar-refractivity contribution is -0.143. The van der Waals surface area contributed by atoms with E-state index in [-0.39, 0.29) is 28.6 Å². The molecule has 0 atom stereocenters. The van der Waals surface area contributed by atoms with Gasteiger partial charge in [-0.15, -0.1) is 0 Å². The standard InChI is InChI=1S/C11H15ClF3N3O3/c12-9-8(16-2-1-4-21-5-3-19)6-17-18(10(9)20)7-11(13,14)15/h6,16,19H,1-5,7H2. The largest absolute Gasteiger partial charge is 0.408 e. The molecule has 0 amide bonds. The van der Waals surface area contributed by atoms with Crippen LogP contribution in [0.3, 0.4) is 0 Å². The summed E-state index contributed by atoms with van der Waals surface area (Å²) in [4.78, 5) is 11.6. The van der Waals surface area contributed by atoms with E-state index in [4.69, 9.17) is 21.4 Å². The van der Waals surface area contributed by atoms with Crippen molar-refractivity contribution in [3.63, 3.8) is 0 Å². The number of hydrogen-bond donors (Lipinski definition) is 2. The smallest absolute Gasteiger partial charge is 0.394 e. The number of aromatic nitrogens is 2. The Labute approximate surface area is 123 Å². The minimum atomic E-state index is -4.54. The van der Waals surface area contributed by atoms with E-state index < -0.39 is 18.3 Å². The van der Waals surface area contributed by atoms with Crippen molar-refractivity contribution in [2.24, 2.45) is 0 Å². The molecule has 0 spiro atoms. The molecule has 21 heavy (non-hydrogen) atoms. The van der Waals surface area contributed by atoms with Crippen molar-refractivity contribution < 1.29 is 23.0 Å². The van der Waals surface area contributed by atoms with Crippen LogP contribution in [0.4, 0.5) is 18.9 Å². The van der Waals surface area contributed by atoms with Crippen molar-refractivity contribution >= 4 is 17.3 Å². The van der Waals surface area contributed by atoms with E-state index >= 15 is 0 Å². The maximum absolute atomic E-state index is 12.2. The van der Waals surface area contributed by atoms with Crippen LogP contribution in [-0.4, -0.2) is 47.4 Å². The van der Waals surface area contributed by atoms with Crippen molar-refractivity contribution in [3.8, 4) is 0 Å². The third-order valence-corrected chi connectivity index (χ3v) is 2.70. The normalized spacial score (nSPS) is 11.7. The molecule has 2 N–H and O–H groups in total. The van der Waals surface area contributed by atoms with Gasteiger partial charge in [0.15, 0.2) is 0 Å². The average molecular weight is 330 g/mol. The van der Waals surface area contributed by atoms with E-state index in [2.05, 4.69) is 10.4 Å². The molecule has 120 valence electrons.